The molecule has 1 amide bonds. The Labute approximate surface area is 262 Å². The van der Waals surface area contributed by atoms with Crippen molar-refractivity contribution in [3.8, 4) is 11.6 Å². The van der Waals surface area contributed by atoms with Crippen LogP contribution in [0.25, 0.3) is 0 Å². The first-order valence-electron chi connectivity index (χ1n) is 16.1. The quantitative estimate of drug-likeness (QED) is 0.281. The second kappa shape index (κ2) is 14.9. The number of ether oxygens (including phenoxy) is 2. The minimum atomic E-state index is -0.499. The number of hydrogen-bond acceptors (Lipinski definition) is 9. The van der Waals surface area contributed by atoms with Gasteiger partial charge >= 0.3 is 0 Å². The summed E-state index contributed by atoms with van der Waals surface area (Å²) in [5, 5.41) is 8.23. The smallest absolute Gasteiger partial charge is 0.282 e. The van der Waals surface area contributed by atoms with Crippen LogP contribution in [0.3, 0.4) is 0 Å². The van der Waals surface area contributed by atoms with Crippen LogP contribution in [0.5, 0.6) is 11.6 Å². The largest absolute Gasteiger partial charge is 0.434 e. The number of rotatable bonds is 15. The number of hydrogen-bond donors (Lipinski definition) is 0. The maximum atomic E-state index is 14.3. The van der Waals surface area contributed by atoms with Crippen molar-refractivity contribution in [2.45, 2.75) is 66.5 Å². The fraction of sp³-hybridized carbons (Fsp3) is 0.697. The molecule has 10 nitrogen and oxygen atoms in total. The van der Waals surface area contributed by atoms with Gasteiger partial charge in [0.25, 0.3) is 11.8 Å². The molecule has 1 spiro atoms. The zero-order valence-electron chi connectivity index (χ0n) is 27.9. The summed E-state index contributed by atoms with van der Waals surface area (Å²) in [7, 11) is 3.93. The van der Waals surface area contributed by atoms with Crippen molar-refractivity contribution in [1.29, 1.82) is 0 Å². The Morgan fingerprint density at radius 3 is 2.57 bits per heavy atom. The van der Waals surface area contributed by atoms with E-state index in [1.54, 1.807) is 12.0 Å². The Bertz CT molecular complexity index is 1240. The van der Waals surface area contributed by atoms with Crippen LogP contribution >= 0.6 is 0 Å². The van der Waals surface area contributed by atoms with E-state index in [-0.39, 0.29) is 34.6 Å². The maximum absolute atomic E-state index is 14.3. The highest BCUT2D eigenvalue weighted by atomic mass is 19.1. The molecular formula is C33H52FN7O3. The first-order valence-corrected chi connectivity index (χ1v) is 16.1. The molecule has 4 rings (SSSR count). The minimum absolute atomic E-state index is 0.0408. The second-order valence-corrected chi connectivity index (χ2v) is 13.5. The van der Waals surface area contributed by atoms with Crippen LogP contribution in [-0.2, 0) is 4.74 Å². The molecule has 0 radical (unpaired) electrons. The van der Waals surface area contributed by atoms with Crippen molar-refractivity contribution in [2.75, 3.05) is 71.5 Å². The van der Waals surface area contributed by atoms with E-state index in [1.807, 2.05) is 20.8 Å². The van der Waals surface area contributed by atoms with Gasteiger partial charge in [0.15, 0.2) is 5.82 Å². The molecule has 0 bridgehead atoms. The second-order valence-electron chi connectivity index (χ2n) is 13.5. The standard InChI is InChI=1S/C33H52FN7O3/c1-9-41(24(4)5)32(42)27-17-26(34)10-11-29(27)44-31-30(35-22-36-37-31)39-13-12-33(19-39)20-40(21-33)28(23(2)3)16-25(6)18-38(7)14-15-43-8/h10-11,17,22-25,28H,9,12-16,18-21H2,1-8H3/t25-,28?/m1/s1. The SMILES string of the molecule is CCN(C(=O)c1cc(F)ccc1Oc1nncnc1N1CCC2(C1)CN(C(C[C@@H](C)CN(C)CCOC)C(C)C)C2)C(C)C. The molecule has 44 heavy (non-hydrogen) atoms. The van der Waals surface area contributed by atoms with E-state index in [1.165, 1.54) is 30.9 Å². The van der Waals surface area contributed by atoms with Gasteiger partial charge in [-0.25, -0.2) is 9.37 Å². The van der Waals surface area contributed by atoms with Crippen LogP contribution < -0.4 is 9.64 Å². The number of halogens is 1. The molecule has 244 valence electrons. The number of benzene rings is 1. The Morgan fingerprint density at radius 1 is 1.16 bits per heavy atom. The summed E-state index contributed by atoms with van der Waals surface area (Å²) in [5.74, 6) is 1.45. The monoisotopic (exact) mass is 613 g/mol. The number of nitrogens with zero attached hydrogens (tertiary/aromatic N) is 7. The topological polar surface area (TPSA) is 87.2 Å². The third kappa shape index (κ3) is 8.03. The molecular weight excluding hydrogens is 561 g/mol. The zero-order valence-corrected chi connectivity index (χ0v) is 27.9. The number of aromatic nitrogens is 3. The lowest BCUT2D eigenvalue weighted by molar-refractivity contribution is -0.0387. The third-order valence-electron chi connectivity index (χ3n) is 9.17. The molecule has 3 heterocycles. The van der Waals surface area contributed by atoms with Crippen LogP contribution in [0, 0.1) is 23.1 Å². The Kier molecular flexibility index (Phi) is 11.5. The maximum Gasteiger partial charge on any atom is 0.282 e. The van der Waals surface area contributed by atoms with Crippen molar-refractivity contribution < 1.29 is 18.7 Å². The molecule has 2 aromatic rings. The minimum Gasteiger partial charge on any atom is -0.434 e. The molecule has 2 atom stereocenters. The van der Waals surface area contributed by atoms with Gasteiger partial charge in [0.1, 0.15) is 17.9 Å². The summed E-state index contributed by atoms with van der Waals surface area (Å²) < 4.78 is 25.7. The lowest BCUT2D eigenvalue weighted by Crippen LogP contribution is -2.62. The van der Waals surface area contributed by atoms with Crippen LogP contribution in [0.4, 0.5) is 10.2 Å². The van der Waals surface area contributed by atoms with Gasteiger partial charge in [0.05, 0.1) is 12.2 Å². The molecule has 0 saturated carbocycles. The predicted molar refractivity (Wildman–Crippen MR) is 171 cm³/mol. The van der Waals surface area contributed by atoms with Gasteiger partial charge in [-0.15, -0.1) is 10.2 Å². The number of amides is 1. The lowest BCUT2D eigenvalue weighted by atomic mass is 9.76. The molecule has 2 aliphatic heterocycles. The number of likely N-dealkylation sites (tertiary alicyclic amines) is 1. The van der Waals surface area contributed by atoms with Gasteiger partial charge in [-0.1, -0.05) is 20.8 Å². The average molecular weight is 614 g/mol. The molecule has 0 aliphatic carbocycles. The van der Waals surface area contributed by atoms with E-state index >= 15 is 0 Å². The number of carbonyl (C=O) groups is 1. The summed E-state index contributed by atoms with van der Waals surface area (Å²) in [5.41, 5.74) is 0.354. The summed E-state index contributed by atoms with van der Waals surface area (Å²) in [6, 6.07) is 4.50. The molecule has 1 aromatic carbocycles. The number of likely N-dealkylation sites (N-methyl/N-ethyl adjacent to an activating group) is 1. The zero-order chi connectivity index (χ0) is 32.0. The summed E-state index contributed by atoms with van der Waals surface area (Å²) >= 11 is 0. The fourth-order valence-corrected chi connectivity index (χ4v) is 6.93. The van der Waals surface area contributed by atoms with Crippen LogP contribution in [0.2, 0.25) is 0 Å². The molecule has 2 aliphatic rings. The summed E-state index contributed by atoms with van der Waals surface area (Å²) in [6.45, 7) is 19.9. The number of methoxy groups -OCH3 is 1. The van der Waals surface area contributed by atoms with E-state index in [9.17, 15) is 9.18 Å². The lowest BCUT2D eigenvalue weighted by Gasteiger charge is -2.53. The van der Waals surface area contributed by atoms with Crippen molar-refractivity contribution in [2.24, 2.45) is 17.3 Å². The van der Waals surface area contributed by atoms with Crippen molar-refractivity contribution in [3.63, 3.8) is 0 Å². The van der Waals surface area contributed by atoms with E-state index in [2.05, 4.69) is 57.7 Å². The van der Waals surface area contributed by atoms with Gasteiger partial charge in [0, 0.05) is 70.4 Å². The highest BCUT2D eigenvalue weighted by molar-refractivity contribution is 5.97. The predicted octanol–water partition coefficient (Wildman–Crippen LogP) is 4.81. The number of carbonyl (C=O) groups excluding carboxylic acids is 1. The normalized spacial score (nSPS) is 17.9. The van der Waals surface area contributed by atoms with E-state index in [4.69, 9.17) is 9.47 Å². The van der Waals surface area contributed by atoms with Crippen molar-refractivity contribution in [1.82, 2.24) is 29.9 Å². The molecule has 2 saturated heterocycles. The Morgan fingerprint density at radius 2 is 1.91 bits per heavy atom. The molecule has 0 N–H and O–H groups in total. The van der Waals surface area contributed by atoms with Gasteiger partial charge in [-0.05, 0) is 70.7 Å². The van der Waals surface area contributed by atoms with E-state index < -0.39 is 5.82 Å². The third-order valence-corrected chi connectivity index (χ3v) is 9.17. The highest BCUT2D eigenvalue weighted by Gasteiger charge is 2.50. The van der Waals surface area contributed by atoms with Gasteiger partial charge in [-0.2, -0.15) is 0 Å². The first-order chi connectivity index (χ1) is 21.0. The molecule has 11 heteroatoms. The first kappa shape index (κ1) is 34.0. The van der Waals surface area contributed by atoms with Crippen molar-refractivity contribution in [3.05, 3.63) is 35.9 Å². The molecule has 1 aromatic heterocycles. The summed E-state index contributed by atoms with van der Waals surface area (Å²) in [4.78, 5) is 26.8. The number of anilines is 1. The average Bonchev–Trinajstić information content (AvgIpc) is 3.41. The molecule has 1 unspecified atom stereocenters. The van der Waals surface area contributed by atoms with E-state index in [0.29, 0.717) is 30.2 Å². The highest BCUT2D eigenvalue weighted by Crippen LogP contribution is 2.45. The summed E-state index contributed by atoms with van der Waals surface area (Å²) in [6.07, 6.45) is 3.66. The van der Waals surface area contributed by atoms with Crippen LogP contribution in [0.1, 0.15) is 64.7 Å². The van der Waals surface area contributed by atoms with Gasteiger partial charge in [-0.3, -0.25) is 9.69 Å². The van der Waals surface area contributed by atoms with Crippen LogP contribution in [-0.4, -0.2) is 114 Å². The fourth-order valence-electron chi connectivity index (χ4n) is 6.93. The van der Waals surface area contributed by atoms with Gasteiger partial charge < -0.3 is 24.2 Å². The molecule has 2 fully saturated rings. The van der Waals surface area contributed by atoms with Gasteiger partial charge in [0.2, 0.25) is 0 Å². The van der Waals surface area contributed by atoms with Crippen molar-refractivity contribution >= 4 is 11.7 Å². The van der Waals surface area contributed by atoms with Crippen LogP contribution in [0.15, 0.2) is 24.5 Å². The Balaban J connectivity index is 1.43. The van der Waals surface area contributed by atoms with E-state index in [0.717, 1.165) is 52.3 Å². The Hall–Kier alpha value is -2.89.